The molecule has 0 bridgehead atoms. The van der Waals surface area contributed by atoms with Crippen molar-refractivity contribution in [1.29, 1.82) is 0 Å². The van der Waals surface area contributed by atoms with Gasteiger partial charge in [-0.15, -0.1) is 11.8 Å². The first kappa shape index (κ1) is 22.2. The lowest BCUT2D eigenvalue weighted by Gasteiger charge is -2.14. The molecule has 0 saturated carbocycles. The summed E-state index contributed by atoms with van der Waals surface area (Å²) in [7, 11) is 0. The Morgan fingerprint density at radius 2 is 2.19 bits per heavy atom. The number of carbonyl (C=O) groups excluding carboxylic acids is 1. The smallest absolute Gasteiger partial charge is 0.254 e. The minimum Gasteiger partial charge on any atom is -0.494 e. The molecule has 1 N–H and O–H groups in total. The fraction of sp³-hybridized carbons (Fsp3) is 0.375. The molecule has 1 amide bonds. The van der Waals surface area contributed by atoms with Gasteiger partial charge in [-0.3, -0.25) is 4.79 Å². The van der Waals surface area contributed by atoms with E-state index in [-0.39, 0.29) is 12.0 Å². The molecule has 0 fully saturated rings. The molecule has 4 rings (SSSR count). The summed E-state index contributed by atoms with van der Waals surface area (Å²) >= 11 is 1.49. The molecule has 1 aromatic carbocycles. The lowest BCUT2D eigenvalue weighted by molar-refractivity contribution is 0.0947. The number of aromatic nitrogens is 2. The fourth-order valence-electron chi connectivity index (χ4n) is 3.71. The molecule has 0 saturated heterocycles. The lowest BCUT2D eigenvalue weighted by atomic mass is 10.1. The normalized spacial score (nSPS) is 14.7. The number of amides is 1. The van der Waals surface area contributed by atoms with Crippen LogP contribution in [0.15, 0.2) is 40.0 Å². The zero-order valence-corrected chi connectivity index (χ0v) is 19.5. The van der Waals surface area contributed by atoms with Crippen molar-refractivity contribution >= 4 is 17.7 Å². The van der Waals surface area contributed by atoms with E-state index < -0.39 is 0 Å². The molecule has 7 nitrogen and oxygen atoms in total. The summed E-state index contributed by atoms with van der Waals surface area (Å²) in [6.45, 7) is 8.69. The standard InChI is InChI=1S/C24H27N3O4S/c1-5-29-21-10-17-9-14(2)30-22(17)11-18(21)12-26-23(28)19-7-6-8-25-24(19)32-13-20-15(3)27-31-16(20)4/h6-8,10-11,14H,5,9,12-13H2,1-4H3,(H,26,28)/t14-/m1/s1. The number of thioether (sulfide) groups is 1. The molecule has 1 aliphatic heterocycles. The second-order valence-electron chi connectivity index (χ2n) is 7.76. The van der Waals surface area contributed by atoms with Crippen LogP contribution in [0.2, 0.25) is 0 Å². The summed E-state index contributed by atoms with van der Waals surface area (Å²) in [6.07, 6.45) is 2.71. The van der Waals surface area contributed by atoms with Crippen molar-refractivity contribution in [3.63, 3.8) is 0 Å². The summed E-state index contributed by atoms with van der Waals surface area (Å²) in [5.41, 5.74) is 4.45. The number of hydrogen-bond acceptors (Lipinski definition) is 7. The highest BCUT2D eigenvalue weighted by molar-refractivity contribution is 7.98. The largest absolute Gasteiger partial charge is 0.494 e. The average Bonchev–Trinajstić information content (AvgIpc) is 3.30. The number of hydrogen-bond donors (Lipinski definition) is 1. The maximum Gasteiger partial charge on any atom is 0.254 e. The van der Waals surface area contributed by atoms with Crippen molar-refractivity contribution in [2.24, 2.45) is 0 Å². The van der Waals surface area contributed by atoms with Gasteiger partial charge in [0.25, 0.3) is 5.91 Å². The third-order valence-corrected chi connectivity index (χ3v) is 6.40. The molecule has 0 aliphatic carbocycles. The van der Waals surface area contributed by atoms with Crippen LogP contribution >= 0.6 is 11.8 Å². The van der Waals surface area contributed by atoms with E-state index in [1.165, 1.54) is 11.8 Å². The molecule has 0 radical (unpaired) electrons. The van der Waals surface area contributed by atoms with E-state index in [9.17, 15) is 4.79 Å². The molecule has 1 aliphatic rings. The topological polar surface area (TPSA) is 86.5 Å². The van der Waals surface area contributed by atoms with Gasteiger partial charge < -0.3 is 19.3 Å². The molecule has 8 heteroatoms. The van der Waals surface area contributed by atoms with Crippen LogP contribution in [0.5, 0.6) is 11.5 Å². The maximum atomic E-state index is 13.0. The summed E-state index contributed by atoms with van der Waals surface area (Å²) in [6, 6.07) is 7.55. The van der Waals surface area contributed by atoms with Crippen LogP contribution < -0.4 is 14.8 Å². The molecule has 3 heterocycles. The van der Waals surface area contributed by atoms with Crippen molar-refractivity contribution in [3.05, 3.63) is 64.2 Å². The number of aryl methyl sites for hydroxylation is 2. The van der Waals surface area contributed by atoms with Crippen LogP contribution in [-0.2, 0) is 18.7 Å². The highest BCUT2D eigenvalue weighted by Crippen LogP contribution is 2.35. The summed E-state index contributed by atoms with van der Waals surface area (Å²) in [4.78, 5) is 17.4. The summed E-state index contributed by atoms with van der Waals surface area (Å²) < 4.78 is 16.9. The minimum absolute atomic E-state index is 0.150. The summed E-state index contributed by atoms with van der Waals surface area (Å²) in [5, 5.41) is 7.67. The highest BCUT2D eigenvalue weighted by atomic mass is 32.2. The van der Waals surface area contributed by atoms with E-state index in [0.29, 0.717) is 29.5 Å². The second kappa shape index (κ2) is 9.65. The molecule has 32 heavy (non-hydrogen) atoms. The van der Waals surface area contributed by atoms with Gasteiger partial charge in [0, 0.05) is 41.6 Å². The van der Waals surface area contributed by atoms with E-state index in [4.69, 9.17) is 14.0 Å². The third-order valence-electron chi connectivity index (χ3n) is 5.37. The number of ether oxygens (including phenoxy) is 2. The Kier molecular flexibility index (Phi) is 6.69. The molecule has 3 aromatic rings. The molecular weight excluding hydrogens is 426 g/mol. The van der Waals surface area contributed by atoms with Crippen molar-refractivity contribution in [3.8, 4) is 11.5 Å². The molecule has 1 atom stereocenters. The Balaban J connectivity index is 1.48. The van der Waals surface area contributed by atoms with Crippen LogP contribution in [0.4, 0.5) is 0 Å². The van der Waals surface area contributed by atoms with E-state index in [2.05, 4.69) is 15.5 Å². The SMILES string of the molecule is CCOc1cc2c(cc1CNC(=O)c1cccnc1SCc1c(C)noc1C)O[C@H](C)C2. The highest BCUT2D eigenvalue weighted by Gasteiger charge is 2.22. The number of carbonyl (C=O) groups is 1. The van der Waals surface area contributed by atoms with E-state index in [1.54, 1.807) is 18.3 Å². The number of nitrogens with zero attached hydrogens (tertiary/aromatic N) is 2. The number of benzene rings is 1. The van der Waals surface area contributed by atoms with Crippen molar-refractivity contribution in [2.45, 2.75) is 57.5 Å². The zero-order valence-electron chi connectivity index (χ0n) is 18.7. The van der Waals surface area contributed by atoms with Gasteiger partial charge in [-0.25, -0.2) is 4.98 Å². The van der Waals surface area contributed by atoms with E-state index in [0.717, 1.165) is 46.1 Å². The Morgan fingerprint density at radius 1 is 1.34 bits per heavy atom. The zero-order chi connectivity index (χ0) is 22.7. The van der Waals surface area contributed by atoms with Gasteiger partial charge in [0.05, 0.1) is 17.9 Å². The van der Waals surface area contributed by atoms with Gasteiger partial charge in [0.2, 0.25) is 0 Å². The summed E-state index contributed by atoms with van der Waals surface area (Å²) in [5.74, 6) is 2.88. The first-order valence-corrected chi connectivity index (χ1v) is 11.7. The van der Waals surface area contributed by atoms with Gasteiger partial charge >= 0.3 is 0 Å². The molecule has 0 spiro atoms. The fourth-order valence-corrected chi connectivity index (χ4v) is 4.85. The number of fused-ring (bicyclic) bond motifs is 1. The van der Waals surface area contributed by atoms with Crippen molar-refractivity contribution in [1.82, 2.24) is 15.5 Å². The van der Waals surface area contributed by atoms with E-state index in [1.807, 2.05) is 39.8 Å². The molecule has 2 aromatic heterocycles. The Labute approximate surface area is 191 Å². The van der Waals surface area contributed by atoms with Gasteiger partial charge in [0.1, 0.15) is 28.4 Å². The van der Waals surface area contributed by atoms with Crippen LogP contribution in [0, 0.1) is 13.8 Å². The van der Waals surface area contributed by atoms with Gasteiger partial charge in [-0.05, 0) is 52.0 Å². The number of rotatable bonds is 8. The van der Waals surface area contributed by atoms with Gasteiger partial charge in [0.15, 0.2) is 0 Å². The monoisotopic (exact) mass is 453 g/mol. The minimum atomic E-state index is -0.184. The van der Waals surface area contributed by atoms with Crippen molar-refractivity contribution < 1.29 is 18.8 Å². The second-order valence-corrected chi connectivity index (χ2v) is 8.73. The first-order chi connectivity index (χ1) is 15.5. The van der Waals surface area contributed by atoms with E-state index >= 15 is 0 Å². The average molecular weight is 454 g/mol. The quantitative estimate of drug-likeness (QED) is 0.498. The Hall–Kier alpha value is -3.00. The maximum absolute atomic E-state index is 13.0. The van der Waals surface area contributed by atoms with Crippen molar-refractivity contribution in [2.75, 3.05) is 6.61 Å². The molecule has 168 valence electrons. The molecular formula is C24H27N3O4S. The Bertz CT molecular complexity index is 1110. The van der Waals surface area contributed by atoms with Crippen LogP contribution in [0.3, 0.4) is 0 Å². The van der Waals surface area contributed by atoms with Crippen LogP contribution in [0.25, 0.3) is 0 Å². The number of nitrogens with one attached hydrogen (secondary N) is 1. The van der Waals surface area contributed by atoms with Gasteiger partial charge in [-0.2, -0.15) is 0 Å². The Morgan fingerprint density at radius 3 is 2.94 bits per heavy atom. The predicted octanol–water partition coefficient (Wildman–Crippen LogP) is 4.63. The molecule has 0 unspecified atom stereocenters. The first-order valence-electron chi connectivity index (χ1n) is 10.7. The van der Waals surface area contributed by atoms with Crippen LogP contribution in [-0.4, -0.2) is 28.8 Å². The van der Waals surface area contributed by atoms with Gasteiger partial charge in [-0.1, -0.05) is 5.16 Å². The number of pyridine rings is 1. The van der Waals surface area contributed by atoms with Crippen LogP contribution in [0.1, 0.15) is 52.3 Å². The predicted molar refractivity (Wildman–Crippen MR) is 122 cm³/mol. The lowest BCUT2D eigenvalue weighted by Crippen LogP contribution is -2.24. The third kappa shape index (κ3) is 4.75.